The highest BCUT2D eigenvalue weighted by Crippen LogP contribution is 2.37. The summed E-state index contributed by atoms with van der Waals surface area (Å²) in [6, 6.07) is 8.22. The Morgan fingerprint density at radius 2 is 1.79 bits per heavy atom. The minimum atomic E-state index is -4.94. The molecule has 0 aromatic heterocycles. The number of ether oxygens (including phenoxy) is 1. The topological polar surface area (TPSA) is 111 Å². The molecule has 0 saturated heterocycles. The van der Waals surface area contributed by atoms with Gasteiger partial charge in [0.15, 0.2) is 6.10 Å². The second kappa shape index (κ2) is 8.59. The normalized spacial score (nSPS) is 12.0. The third kappa shape index (κ3) is 5.21. The number of rotatable bonds is 6. The van der Waals surface area contributed by atoms with Crippen molar-refractivity contribution in [3.05, 3.63) is 63.7 Å². The average molecular weight is 411 g/mol. The van der Waals surface area contributed by atoms with E-state index in [2.05, 4.69) is 5.32 Å². The molecule has 2 aromatic carbocycles. The fourth-order valence-corrected chi connectivity index (χ4v) is 2.38. The maximum absolute atomic E-state index is 13.2. The fourth-order valence-electron chi connectivity index (χ4n) is 2.38. The summed E-state index contributed by atoms with van der Waals surface area (Å²) in [6.45, 7) is 1.19. The van der Waals surface area contributed by atoms with E-state index >= 15 is 0 Å². The summed E-state index contributed by atoms with van der Waals surface area (Å²) in [4.78, 5) is 34.2. The largest absolute Gasteiger partial charge is 0.449 e. The summed E-state index contributed by atoms with van der Waals surface area (Å²) in [5, 5.41) is 15.5. The number of carbonyl (C=O) groups excluding carboxylic acids is 2. The summed E-state index contributed by atoms with van der Waals surface area (Å²) in [6.07, 6.45) is -6.37. The number of hydrogen-bond donors (Lipinski definition) is 2. The van der Waals surface area contributed by atoms with Gasteiger partial charge in [-0.2, -0.15) is 13.2 Å². The monoisotopic (exact) mass is 411 g/mol. The average Bonchev–Trinajstić information content (AvgIpc) is 2.66. The van der Waals surface area contributed by atoms with Gasteiger partial charge in [0.2, 0.25) is 0 Å². The van der Waals surface area contributed by atoms with Crippen LogP contribution in [0.25, 0.3) is 0 Å². The number of para-hydroxylation sites is 1. The number of amides is 1. The highest BCUT2D eigenvalue weighted by molar-refractivity contribution is 6.00. The minimum Gasteiger partial charge on any atom is -0.449 e. The first kappa shape index (κ1) is 21.7. The zero-order valence-corrected chi connectivity index (χ0v) is 15.2. The van der Waals surface area contributed by atoms with Gasteiger partial charge in [-0.25, -0.2) is 4.79 Å². The number of alkyl halides is 3. The number of non-ortho nitro benzene ring substituents is 1. The van der Waals surface area contributed by atoms with Crippen LogP contribution in [0.3, 0.4) is 0 Å². The number of carbonyl (C=O) groups is 2. The first-order valence-electron chi connectivity index (χ1n) is 8.19. The van der Waals surface area contributed by atoms with E-state index in [4.69, 9.17) is 4.74 Å². The maximum Gasteiger partial charge on any atom is 0.418 e. The first-order valence-corrected chi connectivity index (χ1v) is 8.19. The van der Waals surface area contributed by atoms with Gasteiger partial charge in [0.25, 0.3) is 11.6 Å². The predicted octanol–water partition coefficient (Wildman–Crippen LogP) is 3.84. The number of nitrogens with one attached hydrogen (secondary N) is 2. The van der Waals surface area contributed by atoms with Crippen molar-refractivity contribution in [1.82, 2.24) is 0 Å². The lowest BCUT2D eigenvalue weighted by Gasteiger charge is -2.17. The Morgan fingerprint density at radius 1 is 1.14 bits per heavy atom. The molecule has 2 N–H and O–H groups in total. The number of hydrogen-bond acceptors (Lipinski definition) is 6. The van der Waals surface area contributed by atoms with Crippen molar-refractivity contribution in [2.24, 2.45) is 0 Å². The molecule has 0 radical (unpaired) electrons. The molecule has 2 aromatic rings. The molecule has 0 unspecified atom stereocenters. The Labute approximate surface area is 162 Å². The van der Waals surface area contributed by atoms with E-state index in [1.54, 1.807) is 25.2 Å². The number of benzene rings is 2. The van der Waals surface area contributed by atoms with E-state index in [9.17, 15) is 32.9 Å². The van der Waals surface area contributed by atoms with Crippen LogP contribution in [0.4, 0.5) is 30.2 Å². The van der Waals surface area contributed by atoms with Crippen molar-refractivity contribution >= 4 is 28.9 Å². The molecule has 1 amide bonds. The van der Waals surface area contributed by atoms with E-state index in [0.29, 0.717) is 11.8 Å². The summed E-state index contributed by atoms with van der Waals surface area (Å²) < 4.78 is 44.6. The van der Waals surface area contributed by atoms with Crippen LogP contribution in [-0.2, 0) is 15.7 Å². The molecular weight excluding hydrogens is 395 g/mol. The van der Waals surface area contributed by atoms with Gasteiger partial charge in [-0.1, -0.05) is 12.1 Å². The standard InChI is InChI=1S/C18H16F3N3O5/c1-10(29-17(26)12-5-3-4-6-14(12)22-2)16(25)23-15-8-7-11(24(27)28)9-13(15)18(19,20)21/h3-10,22H,1-2H3,(H,23,25)/t10-/m0/s1. The lowest BCUT2D eigenvalue weighted by molar-refractivity contribution is -0.385. The molecule has 0 spiro atoms. The number of anilines is 2. The quantitative estimate of drug-likeness (QED) is 0.425. The van der Waals surface area contributed by atoms with Crippen molar-refractivity contribution in [3.8, 4) is 0 Å². The van der Waals surface area contributed by atoms with Crippen LogP contribution in [0, 0.1) is 10.1 Å². The second-order valence-corrected chi connectivity index (χ2v) is 5.82. The van der Waals surface area contributed by atoms with E-state index in [0.717, 1.165) is 12.1 Å². The van der Waals surface area contributed by atoms with E-state index in [1.807, 2.05) is 5.32 Å². The number of halogens is 3. The van der Waals surface area contributed by atoms with Gasteiger partial charge in [0.05, 0.1) is 21.7 Å². The molecule has 0 aliphatic carbocycles. The van der Waals surface area contributed by atoms with Crippen molar-refractivity contribution in [2.45, 2.75) is 19.2 Å². The number of nitro benzene ring substituents is 1. The Morgan fingerprint density at radius 3 is 2.38 bits per heavy atom. The predicted molar refractivity (Wildman–Crippen MR) is 97.6 cm³/mol. The third-order valence-corrected chi connectivity index (χ3v) is 3.85. The van der Waals surface area contributed by atoms with Crippen molar-refractivity contribution in [1.29, 1.82) is 0 Å². The van der Waals surface area contributed by atoms with E-state index in [1.165, 1.54) is 13.0 Å². The minimum absolute atomic E-state index is 0.140. The van der Waals surface area contributed by atoms with Gasteiger partial charge in [-0.3, -0.25) is 14.9 Å². The molecule has 1 atom stereocenters. The Balaban J connectivity index is 2.19. The third-order valence-electron chi connectivity index (χ3n) is 3.85. The Kier molecular flexibility index (Phi) is 6.42. The van der Waals surface area contributed by atoms with Crippen LogP contribution in [0.2, 0.25) is 0 Å². The molecule has 2 rings (SSSR count). The van der Waals surface area contributed by atoms with Crippen molar-refractivity contribution in [3.63, 3.8) is 0 Å². The summed E-state index contributed by atoms with van der Waals surface area (Å²) in [5.41, 5.74) is -2.27. The maximum atomic E-state index is 13.2. The smallest absolute Gasteiger partial charge is 0.418 e. The summed E-state index contributed by atoms with van der Waals surface area (Å²) >= 11 is 0. The van der Waals surface area contributed by atoms with Gasteiger partial charge >= 0.3 is 12.1 Å². The molecule has 0 bridgehead atoms. The number of nitro groups is 1. The number of esters is 1. The molecule has 29 heavy (non-hydrogen) atoms. The zero-order chi connectivity index (χ0) is 21.8. The van der Waals surface area contributed by atoms with Crippen LogP contribution in [0.5, 0.6) is 0 Å². The fraction of sp³-hybridized carbons (Fsp3) is 0.222. The molecular formula is C18H16F3N3O5. The molecule has 0 saturated carbocycles. The van der Waals surface area contributed by atoms with Crippen molar-refractivity contribution in [2.75, 3.05) is 17.7 Å². The highest BCUT2D eigenvalue weighted by atomic mass is 19.4. The van der Waals surface area contributed by atoms with E-state index in [-0.39, 0.29) is 5.56 Å². The van der Waals surface area contributed by atoms with Gasteiger partial charge in [-0.15, -0.1) is 0 Å². The van der Waals surface area contributed by atoms with Crippen LogP contribution in [0.15, 0.2) is 42.5 Å². The first-order chi connectivity index (χ1) is 13.5. The van der Waals surface area contributed by atoms with Crippen molar-refractivity contribution < 1.29 is 32.4 Å². The lowest BCUT2D eigenvalue weighted by Crippen LogP contribution is -2.31. The molecule has 11 heteroatoms. The highest BCUT2D eigenvalue weighted by Gasteiger charge is 2.36. The number of nitrogens with zero attached hydrogens (tertiary/aromatic N) is 1. The molecule has 0 fully saturated rings. The van der Waals surface area contributed by atoms with Crippen LogP contribution >= 0.6 is 0 Å². The van der Waals surface area contributed by atoms with Gasteiger partial charge in [0.1, 0.15) is 0 Å². The molecule has 154 valence electrons. The zero-order valence-electron chi connectivity index (χ0n) is 15.2. The molecule has 8 nitrogen and oxygen atoms in total. The SMILES string of the molecule is CNc1ccccc1C(=O)O[C@@H](C)C(=O)Nc1ccc([N+](=O)[O-])cc1C(F)(F)F. The summed E-state index contributed by atoms with van der Waals surface area (Å²) in [7, 11) is 1.58. The molecule has 0 heterocycles. The molecule has 0 aliphatic heterocycles. The second-order valence-electron chi connectivity index (χ2n) is 5.82. The Hall–Kier alpha value is -3.63. The lowest BCUT2D eigenvalue weighted by atomic mass is 10.1. The van der Waals surface area contributed by atoms with Gasteiger partial charge in [0, 0.05) is 24.9 Å². The molecule has 0 aliphatic rings. The summed E-state index contributed by atoms with van der Waals surface area (Å²) in [5.74, 6) is -1.88. The van der Waals surface area contributed by atoms with Crippen LogP contribution < -0.4 is 10.6 Å². The van der Waals surface area contributed by atoms with E-state index < -0.39 is 46.0 Å². The van der Waals surface area contributed by atoms with Gasteiger partial charge in [-0.05, 0) is 25.1 Å². The van der Waals surface area contributed by atoms with Crippen LogP contribution in [0.1, 0.15) is 22.8 Å². The Bertz CT molecular complexity index is 947. The van der Waals surface area contributed by atoms with Crippen LogP contribution in [-0.4, -0.2) is 30.0 Å². The van der Waals surface area contributed by atoms with Gasteiger partial charge < -0.3 is 15.4 Å².